The fourth-order valence-electron chi connectivity index (χ4n) is 3.51. The zero-order valence-corrected chi connectivity index (χ0v) is 18.7. The molecular weight excluding hydrogens is 462 g/mol. The molecule has 8 heteroatoms. The Kier molecular flexibility index (Phi) is 4.67. The Bertz CT molecular complexity index is 1420. The van der Waals surface area contributed by atoms with E-state index in [1.165, 1.54) is 11.3 Å². The fourth-order valence-corrected chi connectivity index (χ4v) is 4.83. The molecule has 2 aromatic carbocycles. The molecule has 0 aliphatic carbocycles. The highest BCUT2D eigenvalue weighted by molar-refractivity contribution is 9.10. The Morgan fingerprint density at radius 2 is 1.87 bits per heavy atom. The van der Waals surface area contributed by atoms with E-state index in [1.807, 2.05) is 79.2 Å². The highest BCUT2D eigenvalue weighted by atomic mass is 79.9. The second kappa shape index (κ2) is 7.37. The van der Waals surface area contributed by atoms with Gasteiger partial charge in [-0.15, -0.1) is 0 Å². The topological polar surface area (TPSA) is 64.2 Å². The van der Waals surface area contributed by atoms with Gasteiger partial charge in [-0.25, -0.2) is 9.67 Å². The Labute approximate surface area is 185 Å². The minimum Gasteiger partial charge on any atom is -0.348 e. The van der Waals surface area contributed by atoms with Crippen molar-refractivity contribution in [2.75, 3.05) is 5.32 Å². The molecule has 5 rings (SSSR count). The van der Waals surface area contributed by atoms with E-state index in [0.717, 1.165) is 32.9 Å². The third-order valence-electron chi connectivity index (χ3n) is 4.97. The summed E-state index contributed by atoms with van der Waals surface area (Å²) in [6.07, 6.45) is 1.64. The smallest absolute Gasteiger partial charge is 0.271 e. The first-order valence-electron chi connectivity index (χ1n) is 9.50. The zero-order chi connectivity index (χ0) is 20.8. The Morgan fingerprint density at radius 3 is 2.60 bits per heavy atom. The zero-order valence-electron chi connectivity index (χ0n) is 16.3. The molecule has 0 spiro atoms. The molecule has 0 radical (unpaired) electrons. The number of nitrogens with one attached hydrogen (secondary N) is 1. The van der Waals surface area contributed by atoms with Gasteiger partial charge in [0.1, 0.15) is 11.9 Å². The molecule has 6 nitrogen and oxygen atoms in total. The van der Waals surface area contributed by atoms with Crippen LogP contribution in [0.2, 0.25) is 0 Å². The minimum atomic E-state index is -0.264. The first-order chi connectivity index (χ1) is 14.5. The number of aryl methyl sites for hydroxylation is 1. The lowest BCUT2D eigenvalue weighted by molar-refractivity contribution is 0.579. The van der Waals surface area contributed by atoms with E-state index in [0.29, 0.717) is 9.33 Å². The van der Waals surface area contributed by atoms with Crippen LogP contribution in [-0.2, 0) is 0 Å². The van der Waals surface area contributed by atoms with Crippen LogP contribution >= 0.6 is 27.3 Å². The van der Waals surface area contributed by atoms with Crippen molar-refractivity contribution in [1.29, 1.82) is 0 Å². The van der Waals surface area contributed by atoms with Gasteiger partial charge in [-0.05, 0) is 49.8 Å². The summed E-state index contributed by atoms with van der Waals surface area (Å²) in [5.74, 6) is 0.792. The van der Waals surface area contributed by atoms with Gasteiger partial charge in [0.15, 0.2) is 10.6 Å². The number of fused-ring (bicyclic) bond motifs is 2. The fraction of sp³-hybridized carbons (Fsp3) is 0.136. The number of benzene rings is 2. The summed E-state index contributed by atoms with van der Waals surface area (Å²) in [4.78, 5) is 18.7. The Balaban J connectivity index is 1.70. The highest BCUT2D eigenvalue weighted by Crippen LogP contribution is 2.33. The van der Waals surface area contributed by atoms with Crippen LogP contribution in [0.3, 0.4) is 0 Å². The molecule has 0 saturated heterocycles. The summed E-state index contributed by atoms with van der Waals surface area (Å²) in [5, 5.41) is 8.13. The normalized spacial score (nSPS) is 15.7. The van der Waals surface area contributed by atoms with Crippen LogP contribution in [0.4, 0.5) is 11.5 Å². The van der Waals surface area contributed by atoms with Gasteiger partial charge in [0.2, 0.25) is 0 Å². The summed E-state index contributed by atoms with van der Waals surface area (Å²) in [6.45, 7) is 3.90. The maximum Gasteiger partial charge on any atom is 0.271 e. The molecule has 1 N–H and O–H groups in total. The second-order valence-corrected chi connectivity index (χ2v) is 9.01. The van der Waals surface area contributed by atoms with Crippen LogP contribution in [0.15, 0.2) is 68.9 Å². The van der Waals surface area contributed by atoms with Crippen molar-refractivity contribution in [1.82, 2.24) is 14.3 Å². The number of aromatic nitrogens is 3. The summed E-state index contributed by atoms with van der Waals surface area (Å²) in [7, 11) is 0. The number of rotatable bonds is 2. The number of hydrogen-bond acceptors (Lipinski definition) is 5. The molecule has 1 unspecified atom stereocenters. The van der Waals surface area contributed by atoms with Crippen LogP contribution in [0.25, 0.3) is 11.8 Å². The number of thiazole rings is 1. The third-order valence-corrected chi connectivity index (χ3v) is 6.49. The summed E-state index contributed by atoms with van der Waals surface area (Å²) < 4.78 is 5.22. The van der Waals surface area contributed by atoms with Crippen LogP contribution < -0.4 is 20.2 Å². The van der Waals surface area contributed by atoms with Gasteiger partial charge < -0.3 is 5.32 Å². The Morgan fingerprint density at radius 1 is 1.13 bits per heavy atom. The van der Waals surface area contributed by atoms with Crippen LogP contribution in [0.5, 0.6) is 0 Å². The molecule has 0 bridgehead atoms. The predicted octanol–water partition coefficient (Wildman–Crippen LogP) is 3.89. The summed E-state index contributed by atoms with van der Waals surface area (Å²) in [5.41, 5.74) is 3.43. The van der Waals surface area contributed by atoms with Crippen LogP contribution in [0.1, 0.15) is 24.3 Å². The van der Waals surface area contributed by atoms with Crippen molar-refractivity contribution in [3.05, 3.63) is 90.0 Å². The lowest BCUT2D eigenvalue weighted by Crippen LogP contribution is -2.36. The molecule has 2 aromatic heterocycles. The lowest BCUT2D eigenvalue weighted by Gasteiger charge is -2.15. The molecule has 30 heavy (non-hydrogen) atoms. The SMILES string of the molecule is Cc1nn(-c2ccccc2)c2c1N=c1s/c(=C\c3ccc(Br)cc3)c(=O)n1C(C)N2. The van der Waals surface area contributed by atoms with Crippen molar-refractivity contribution >= 4 is 44.8 Å². The van der Waals surface area contributed by atoms with Gasteiger partial charge in [0.25, 0.3) is 5.56 Å². The van der Waals surface area contributed by atoms with E-state index in [4.69, 9.17) is 4.99 Å². The number of nitrogens with zero attached hydrogens (tertiary/aromatic N) is 4. The van der Waals surface area contributed by atoms with Crippen LogP contribution in [-0.4, -0.2) is 14.3 Å². The average molecular weight is 480 g/mol. The largest absolute Gasteiger partial charge is 0.348 e. The van der Waals surface area contributed by atoms with Crippen molar-refractivity contribution < 1.29 is 0 Å². The highest BCUT2D eigenvalue weighted by Gasteiger charge is 2.24. The first-order valence-corrected chi connectivity index (χ1v) is 11.1. The molecule has 1 aliphatic rings. The van der Waals surface area contributed by atoms with Gasteiger partial charge >= 0.3 is 0 Å². The second-order valence-electron chi connectivity index (χ2n) is 7.08. The average Bonchev–Trinajstić information content (AvgIpc) is 3.16. The summed E-state index contributed by atoms with van der Waals surface area (Å²) >= 11 is 4.84. The number of hydrogen-bond donors (Lipinski definition) is 1. The van der Waals surface area contributed by atoms with Crippen LogP contribution in [0, 0.1) is 6.92 Å². The monoisotopic (exact) mass is 479 g/mol. The van der Waals surface area contributed by atoms with Gasteiger partial charge in [-0.2, -0.15) is 5.10 Å². The van der Waals surface area contributed by atoms with Crippen molar-refractivity contribution in [3.63, 3.8) is 0 Å². The van der Waals surface area contributed by atoms with Gasteiger partial charge in [-0.1, -0.05) is 57.6 Å². The molecule has 0 amide bonds. The van der Waals surface area contributed by atoms with Crippen molar-refractivity contribution in [2.24, 2.45) is 4.99 Å². The maximum absolute atomic E-state index is 13.2. The predicted molar refractivity (Wildman–Crippen MR) is 123 cm³/mol. The number of halogens is 1. The molecule has 1 aliphatic heterocycles. The van der Waals surface area contributed by atoms with E-state index in [2.05, 4.69) is 26.3 Å². The number of anilines is 1. The molecule has 0 fully saturated rings. The van der Waals surface area contributed by atoms with Crippen molar-refractivity contribution in [2.45, 2.75) is 20.0 Å². The Hall–Kier alpha value is -2.97. The van der Waals surface area contributed by atoms with E-state index >= 15 is 0 Å². The molecule has 1 atom stereocenters. The van der Waals surface area contributed by atoms with Gasteiger partial charge in [0.05, 0.1) is 15.9 Å². The maximum atomic E-state index is 13.2. The quantitative estimate of drug-likeness (QED) is 0.474. The molecule has 150 valence electrons. The minimum absolute atomic E-state index is 0.0521. The lowest BCUT2D eigenvalue weighted by atomic mass is 10.2. The molecule has 0 saturated carbocycles. The van der Waals surface area contributed by atoms with E-state index in [-0.39, 0.29) is 11.7 Å². The third kappa shape index (κ3) is 3.22. The molecule has 3 heterocycles. The van der Waals surface area contributed by atoms with Gasteiger partial charge in [0, 0.05) is 4.47 Å². The molecule has 4 aromatic rings. The van der Waals surface area contributed by atoms with Gasteiger partial charge in [-0.3, -0.25) is 9.36 Å². The number of para-hydroxylation sites is 1. The van der Waals surface area contributed by atoms with Crippen molar-refractivity contribution in [3.8, 4) is 5.69 Å². The van der Waals surface area contributed by atoms with E-state index < -0.39 is 0 Å². The summed E-state index contributed by atoms with van der Waals surface area (Å²) in [6, 6.07) is 17.8. The molecular formula is C22H18BrN5OS. The standard InChI is InChI=1S/C22H18BrN5OS/c1-13-19-20(28(26-13)17-6-4-3-5-7-17)24-14(2)27-21(29)18(30-22(27)25-19)12-15-8-10-16(23)11-9-15/h3-12,14,24H,1-2H3/b18-12-. The van der Waals surface area contributed by atoms with E-state index in [9.17, 15) is 4.79 Å². The van der Waals surface area contributed by atoms with E-state index in [1.54, 1.807) is 4.57 Å². The first kappa shape index (κ1) is 19.0.